The first kappa shape index (κ1) is 41.3. The van der Waals surface area contributed by atoms with Crippen LogP contribution < -0.4 is 0 Å². The Bertz CT molecular complexity index is 1090. The van der Waals surface area contributed by atoms with Crippen LogP contribution in [-0.2, 0) is 9.47 Å². The van der Waals surface area contributed by atoms with Crippen molar-refractivity contribution in [3.63, 3.8) is 0 Å². The Morgan fingerprint density at radius 1 is 0.591 bits per heavy atom. The first-order chi connectivity index (χ1) is 20.7. The van der Waals surface area contributed by atoms with Gasteiger partial charge < -0.3 is 9.47 Å². The maximum atomic E-state index is 5.48. The Hall–Kier alpha value is -2.68. The molecule has 246 valence electrons. The third-order valence-electron chi connectivity index (χ3n) is 7.65. The van der Waals surface area contributed by atoms with Crippen molar-refractivity contribution in [3.8, 4) is 0 Å². The zero-order valence-corrected chi connectivity index (χ0v) is 30.5. The first-order valence-electron chi connectivity index (χ1n) is 16.5. The predicted octanol–water partition coefficient (Wildman–Crippen LogP) is 12.6. The van der Waals surface area contributed by atoms with Gasteiger partial charge >= 0.3 is 0 Å². The minimum atomic E-state index is -0.117. The van der Waals surface area contributed by atoms with E-state index in [1.807, 2.05) is 0 Å². The van der Waals surface area contributed by atoms with Crippen LogP contribution in [0.5, 0.6) is 0 Å². The molecule has 0 amide bonds. The fraction of sp³-hybridized carbons (Fsp3) is 0.524. The van der Waals surface area contributed by atoms with Gasteiger partial charge in [-0.1, -0.05) is 133 Å². The minimum Gasteiger partial charge on any atom is -0.378 e. The Labute approximate surface area is 273 Å². The molecular weight excluding hydrogens is 536 g/mol. The monoisotopic (exact) mass is 603 g/mol. The van der Waals surface area contributed by atoms with Crippen LogP contribution >= 0.6 is 0 Å². The first-order valence-corrected chi connectivity index (χ1v) is 16.5. The lowest BCUT2D eigenvalue weighted by Crippen LogP contribution is -2.20. The third kappa shape index (κ3) is 24.7. The molecule has 0 bridgehead atoms. The topological polar surface area (TPSA) is 18.5 Å². The molecule has 0 aliphatic rings. The van der Waals surface area contributed by atoms with Crippen molar-refractivity contribution in [1.29, 1.82) is 0 Å². The van der Waals surface area contributed by atoms with Gasteiger partial charge in [-0.25, -0.2) is 0 Å². The van der Waals surface area contributed by atoms with E-state index >= 15 is 0 Å². The zero-order valence-electron chi connectivity index (χ0n) is 30.5. The van der Waals surface area contributed by atoms with Gasteiger partial charge in [-0.15, -0.1) is 0 Å². The van der Waals surface area contributed by atoms with Gasteiger partial charge in [-0.05, 0) is 106 Å². The number of methoxy groups -OCH3 is 2. The van der Waals surface area contributed by atoms with Crippen LogP contribution in [0.2, 0.25) is 0 Å². The van der Waals surface area contributed by atoms with Crippen molar-refractivity contribution in [2.45, 2.75) is 119 Å². The summed E-state index contributed by atoms with van der Waals surface area (Å²) in [4.78, 5) is 0. The van der Waals surface area contributed by atoms with Crippen molar-refractivity contribution < 1.29 is 9.47 Å². The maximum Gasteiger partial charge on any atom is 0.0657 e. The van der Waals surface area contributed by atoms with Crippen LogP contribution in [0.15, 0.2) is 120 Å². The van der Waals surface area contributed by atoms with Gasteiger partial charge in [-0.3, -0.25) is 0 Å². The molecule has 2 unspecified atom stereocenters. The summed E-state index contributed by atoms with van der Waals surface area (Å²) in [6, 6.07) is 0. The van der Waals surface area contributed by atoms with E-state index in [9.17, 15) is 0 Å². The highest BCUT2D eigenvalue weighted by Crippen LogP contribution is 2.17. The van der Waals surface area contributed by atoms with E-state index in [2.05, 4.69) is 166 Å². The number of allylic oxidation sites excluding steroid dienone is 18. The normalized spacial score (nSPS) is 16.7. The van der Waals surface area contributed by atoms with E-state index in [-0.39, 0.29) is 11.2 Å². The predicted molar refractivity (Wildman–Crippen MR) is 198 cm³/mol. The van der Waals surface area contributed by atoms with Crippen LogP contribution in [0.1, 0.15) is 108 Å². The molecule has 0 aliphatic heterocycles. The number of ether oxygens (including phenoxy) is 2. The van der Waals surface area contributed by atoms with E-state index in [1.165, 1.54) is 28.7 Å². The van der Waals surface area contributed by atoms with E-state index in [0.29, 0.717) is 11.8 Å². The Morgan fingerprint density at radius 2 is 1.07 bits per heavy atom. The summed E-state index contributed by atoms with van der Waals surface area (Å²) in [5.41, 5.74) is 4.81. The lowest BCUT2D eigenvalue weighted by Gasteiger charge is -2.20. The number of hydrogen-bond donors (Lipinski definition) is 0. The molecular formula is C42H66O2. The summed E-state index contributed by atoms with van der Waals surface area (Å²) >= 11 is 0. The average molecular weight is 603 g/mol. The second-order valence-corrected chi connectivity index (χ2v) is 13.5. The van der Waals surface area contributed by atoms with Crippen LogP contribution in [0, 0.1) is 11.8 Å². The third-order valence-corrected chi connectivity index (χ3v) is 7.65. The summed E-state index contributed by atoms with van der Waals surface area (Å²) < 4.78 is 10.9. The molecule has 0 rings (SSSR count). The summed E-state index contributed by atoms with van der Waals surface area (Å²) in [6.45, 7) is 21.6. The molecule has 0 heterocycles. The van der Waals surface area contributed by atoms with Crippen molar-refractivity contribution >= 4 is 0 Å². The SMILES string of the molecule is COC(C)(C)C/C=C/C(C)=C/C=C/C(C)=C/C=C/C(C)=C/C=C/CC(C)/C=C/CC(C)CC/C=C(C)/C=C/CC(C)(C)OC. The van der Waals surface area contributed by atoms with Crippen LogP contribution in [0.3, 0.4) is 0 Å². The summed E-state index contributed by atoms with van der Waals surface area (Å²) in [5.74, 6) is 1.25. The molecule has 0 saturated carbocycles. The molecule has 0 aromatic rings. The molecule has 0 aromatic carbocycles. The summed E-state index contributed by atoms with van der Waals surface area (Å²) in [5, 5.41) is 0. The van der Waals surface area contributed by atoms with Gasteiger partial charge in [0.15, 0.2) is 0 Å². The van der Waals surface area contributed by atoms with Crippen molar-refractivity contribution in [1.82, 2.24) is 0 Å². The molecule has 0 fully saturated rings. The van der Waals surface area contributed by atoms with Gasteiger partial charge in [0.05, 0.1) is 11.2 Å². The molecule has 0 aromatic heterocycles. The number of rotatable bonds is 21. The standard InChI is InChI=1S/C42H66O2/c1-35(23-15-25-37(3)27-17-29-39(5)31-19-33-41(7,8)43-11)21-13-14-22-36(2)24-16-26-38(4)28-18-30-40(6)32-20-34-42(9,10)44-12/h13-17,19-21,23-25,27,29-32,36,38H,18,22,26,28,33-34H2,1-12H3/b14-13+,23-15+,24-16+,27-17+,31-19+,32-20+,35-21+,37-25+,39-29+,40-30+. The van der Waals surface area contributed by atoms with Crippen LogP contribution in [-0.4, -0.2) is 25.4 Å². The quantitative estimate of drug-likeness (QED) is 0.0961. The molecule has 44 heavy (non-hydrogen) atoms. The Morgan fingerprint density at radius 3 is 1.59 bits per heavy atom. The lowest BCUT2D eigenvalue weighted by molar-refractivity contribution is 0.0252. The summed E-state index contributed by atoms with van der Waals surface area (Å²) in [7, 11) is 3.53. The van der Waals surface area contributed by atoms with Crippen LogP contribution in [0.25, 0.3) is 0 Å². The summed E-state index contributed by atoms with van der Waals surface area (Å²) in [6.07, 6.45) is 41.7. The second-order valence-electron chi connectivity index (χ2n) is 13.5. The van der Waals surface area contributed by atoms with Gasteiger partial charge in [-0.2, -0.15) is 0 Å². The number of hydrogen-bond acceptors (Lipinski definition) is 2. The molecule has 0 radical (unpaired) electrons. The highest BCUT2D eigenvalue weighted by atomic mass is 16.5. The minimum absolute atomic E-state index is 0.0915. The van der Waals surface area contributed by atoms with Gasteiger partial charge in [0, 0.05) is 14.2 Å². The van der Waals surface area contributed by atoms with E-state index < -0.39 is 0 Å². The molecule has 0 aliphatic carbocycles. The second kappa shape index (κ2) is 23.7. The molecule has 2 nitrogen and oxygen atoms in total. The molecule has 0 N–H and O–H groups in total. The van der Waals surface area contributed by atoms with Gasteiger partial charge in [0.25, 0.3) is 0 Å². The van der Waals surface area contributed by atoms with E-state index in [0.717, 1.165) is 32.1 Å². The van der Waals surface area contributed by atoms with Crippen molar-refractivity contribution in [2.24, 2.45) is 11.8 Å². The fourth-order valence-electron chi connectivity index (χ4n) is 4.01. The zero-order chi connectivity index (χ0) is 33.4. The average Bonchev–Trinajstić information content (AvgIpc) is 2.95. The maximum absolute atomic E-state index is 5.48. The lowest BCUT2D eigenvalue weighted by atomic mass is 9.98. The van der Waals surface area contributed by atoms with Crippen LogP contribution in [0.4, 0.5) is 0 Å². The van der Waals surface area contributed by atoms with Gasteiger partial charge in [0.2, 0.25) is 0 Å². The highest BCUT2D eigenvalue weighted by molar-refractivity contribution is 5.31. The molecule has 2 atom stereocenters. The van der Waals surface area contributed by atoms with Gasteiger partial charge in [0.1, 0.15) is 0 Å². The van der Waals surface area contributed by atoms with Crippen molar-refractivity contribution in [3.05, 3.63) is 120 Å². The smallest absolute Gasteiger partial charge is 0.0657 e. The Kier molecular flexibility index (Phi) is 22.2. The molecule has 0 spiro atoms. The highest BCUT2D eigenvalue weighted by Gasteiger charge is 2.13. The van der Waals surface area contributed by atoms with E-state index in [1.54, 1.807) is 14.2 Å². The fourth-order valence-corrected chi connectivity index (χ4v) is 4.01. The molecule has 2 heteroatoms. The van der Waals surface area contributed by atoms with Crippen molar-refractivity contribution in [2.75, 3.05) is 14.2 Å². The largest absolute Gasteiger partial charge is 0.378 e. The molecule has 0 saturated heterocycles. The Balaban J connectivity index is 4.46. The van der Waals surface area contributed by atoms with E-state index in [4.69, 9.17) is 9.47 Å².